The smallest absolute Gasteiger partial charge is 0.274 e. The highest BCUT2D eigenvalue weighted by Crippen LogP contribution is 2.20. The number of amides is 2. The molecule has 92 valence electrons. The van der Waals surface area contributed by atoms with Crippen molar-refractivity contribution in [3.63, 3.8) is 0 Å². The van der Waals surface area contributed by atoms with Gasteiger partial charge in [-0.25, -0.2) is 0 Å². The Hall–Kier alpha value is -2.05. The summed E-state index contributed by atoms with van der Waals surface area (Å²) in [7, 11) is 1.66. The number of primary amides is 1. The maximum atomic E-state index is 12.2. The molecule has 0 aromatic carbocycles. The van der Waals surface area contributed by atoms with E-state index in [0.29, 0.717) is 30.9 Å². The summed E-state index contributed by atoms with van der Waals surface area (Å²) in [5.74, 6) is -0.821. The second kappa shape index (κ2) is 4.08. The fraction of sp³-hybridized carbons (Fsp3) is 0.500. The van der Waals surface area contributed by atoms with E-state index >= 15 is 0 Å². The zero-order valence-corrected chi connectivity index (χ0v) is 9.59. The highest BCUT2D eigenvalue weighted by molar-refractivity contribution is 5.97. The molecule has 2 rings (SSSR count). The molecule has 0 saturated carbocycles. The van der Waals surface area contributed by atoms with Crippen LogP contribution in [-0.2, 0) is 11.8 Å². The average Bonchev–Trinajstić information content (AvgIpc) is 2.85. The van der Waals surface area contributed by atoms with E-state index in [-0.39, 0.29) is 17.7 Å². The van der Waals surface area contributed by atoms with Crippen LogP contribution in [0.15, 0.2) is 6.20 Å². The number of rotatable bonds is 2. The minimum absolute atomic E-state index is 0.203. The SMILES string of the molecule is Cn1ncc(N)c1C(=O)N1CCC(C(N)=O)C1. The van der Waals surface area contributed by atoms with Crippen LogP contribution < -0.4 is 11.5 Å². The number of carbonyl (C=O) groups excluding carboxylic acids is 2. The summed E-state index contributed by atoms with van der Waals surface area (Å²) in [6.45, 7) is 0.885. The Morgan fingerprint density at radius 1 is 1.53 bits per heavy atom. The molecule has 1 aromatic rings. The molecule has 17 heavy (non-hydrogen) atoms. The van der Waals surface area contributed by atoms with E-state index in [4.69, 9.17) is 11.5 Å². The molecule has 1 atom stereocenters. The minimum atomic E-state index is -0.363. The standard InChI is InChI=1S/C10H15N5O2/c1-14-8(7(11)4-13-14)10(17)15-3-2-6(5-15)9(12)16/h4,6H,2-3,5,11H2,1H3,(H2,12,16). The van der Waals surface area contributed by atoms with Crippen LogP contribution in [0.25, 0.3) is 0 Å². The summed E-state index contributed by atoms with van der Waals surface area (Å²) >= 11 is 0. The molecule has 0 aliphatic carbocycles. The van der Waals surface area contributed by atoms with Crippen molar-refractivity contribution < 1.29 is 9.59 Å². The Balaban J connectivity index is 2.15. The van der Waals surface area contributed by atoms with Crippen molar-refractivity contribution in [2.75, 3.05) is 18.8 Å². The van der Waals surface area contributed by atoms with Crippen LogP contribution in [0.3, 0.4) is 0 Å². The highest BCUT2D eigenvalue weighted by Gasteiger charge is 2.32. The van der Waals surface area contributed by atoms with Gasteiger partial charge < -0.3 is 16.4 Å². The first kappa shape index (κ1) is 11.4. The molecule has 1 aliphatic heterocycles. The van der Waals surface area contributed by atoms with E-state index in [2.05, 4.69) is 5.10 Å². The zero-order chi connectivity index (χ0) is 12.6. The fourth-order valence-electron chi connectivity index (χ4n) is 2.04. The number of nitrogens with two attached hydrogens (primary N) is 2. The highest BCUT2D eigenvalue weighted by atomic mass is 16.2. The molecule has 0 radical (unpaired) electrons. The molecule has 4 N–H and O–H groups in total. The summed E-state index contributed by atoms with van der Waals surface area (Å²) in [4.78, 5) is 24.8. The minimum Gasteiger partial charge on any atom is -0.396 e. The molecule has 2 amide bonds. The number of likely N-dealkylation sites (tertiary alicyclic amines) is 1. The molecule has 0 spiro atoms. The molecule has 7 nitrogen and oxygen atoms in total. The van der Waals surface area contributed by atoms with Crippen molar-refractivity contribution in [2.45, 2.75) is 6.42 Å². The molecular weight excluding hydrogens is 222 g/mol. The Labute approximate surface area is 98.4 Å². The van der Waals surface area contributed by atoms with Crippen LogP contribution in [0.5, 0.6) is 0 Å². The van der Waals surface area contributed by atoms with Gasteiger partial charge in [0.2, 0.25) is 5.91 Å². The largest absolute Gasteiger partial charge is 0.396 e. The molecule has 1 aromatic heterocycles. The van der Waals surface area contributed by atoms with E-state index in [1.807, 2.05) is 0 Å². The monoisotopic (exact) mass is 237 g/mol. The Morgan fingerprint density at radius 3 is 2.71 bits per heavy atom. The van der Waals surface area contributed by atoms with Gasteiger partial charge in [0.05, 0.1) is 17.8 Å². The maximum absolute atomic E-state index is 12.2. The number of aryl methyl sites for hydroxylation is 1. The number of hydrogen-bond donors (Lipinski definition) is 2. The van der Waals surface area contributed by atoms with Gasteiger partial charge >= 0.3 is 0 Å². The zero-order valence-electron chi connectivity index (χ0n) is 9.59. The summed E-state index contributed by atoms with van der Waals surface area (Å²) in [6.07, 6.45) is 2.05. The summed E-state index contributed by atoms with van der Waals surface area (Å²) in [5.41, 5.74) is 11.6. The predicted molar refractivity (Wildman–Crippen MR) is 60.8 cm³/mol. The third-order valence-corrected chi connectivity index (χ3v) is 3.05. The van der Waals surface area contributed by atoms with E-state index in [1.54, 1.807) is 11.9 Å². The average molecular weight is 237 g/mol. The number of carbonyl (C=O) groups is 2. The Kier molecular flexibility index (Phi) is 2.74. The van der Waals surface area contributed by atoms with Crippen molar-refractivity contribution in [2.24, 2.45) is 18.7 Å². The van der Waals surface area contributed by atoms with Gasteiger partial charge in [0.15, 0.2) is 0 Å². The predicted octanol–water partition coefficient (Wildman–Crippen LogP) is -1.05. The van der Waals surface area contributed by atoms with Crippen LogP contribution in [-0.4, -0.2) is 39.6 Å². The summed E-state index contributed by atoms with van der Waals surface area (Å²) < 4.78 is 1.44. The van der Waals surface area contributed by atoms with Crippen LogP contribution in [0, 0.1) is 5.92 Å². The first-order chi connectivity index (χ1) is 8.00. The second-order valence-electron chi connectivity index (χ2n) is 4.21. The Bertz CT molecular complexity index is 448. The molecule has 1 unspecified atom stereocenters. The van der Waals surface area contributed by atoms with Gasteiger partial charge in [-0.1, -0.05) is 0 Å². The first-order valence-corrected chi connectivity index (χ1v) is 5.36. The topological polar surface area (TPSA) is 107 Å². The lowest BCUT2D eigenvalue weighted by Gasteiger charge is -2.16. The number of hydrogen-bond acceptors (Lipinski definition) is 4. The van der Waals surface area contributed by atoms with Crippen LogP contribution in [0.2, 0.25) is 0 Å². The van der Waals surface area contributed by atoms with Crippen molar-refractivity contribution in [1.82, 2.24) is 14.7 Å². The van der Waals surface area contributed by atoms with Crippen molar-refractivity contribution >= 4 is 17.5 Å². The van der Waals surface area contributed by atoms with Gasteiger partial charge in [0.1, 0.15) is 5.69 Å². The summed E-state index contributed by atoms with van der Waals surface area (Å²) in [6, 6.07) is 0. The van der Waals surface area contributed by atoms with Crippen molar-refractivity contribution in [1.29, 1.82) is 0 Å². The number of anilines is 1. The van der Waals surface area contributed by atoms with Crippen molar-refractivity contribution in [3.8, 4) is 0 Å². The van der Waals surface area contributed by atoms with Crippen molar-refractivity contribution in [3.05, 3.63) is 11.9 Å². The van der Waals surface area contributed by atoms with Gasteiger partial charge in [-0.15, -0.1) is 0 Å². The van der Waals surface area contributed by atoms with E-state index < -0.39 is 0 Å². The second-order valence-corrected chi connectivity index (χ2v) is 4.21. The lowest BCUT2D eigenvalue weighted by molar-refractivity contribution is -0.121. The van der Waals surface area contributed by atoms with Gasteiger partial charge in [-0.05, 0) is 6.42 Å². The number of aromatic nitrogens is 2. The van der Waals surface area contributed by atoms with Gasteiger partial charge in [0.25, 0.3) is 5.91 Å². The third-order valence-electron chi connectivity index (χ3n) is 3.05. The molecule has 7 heteroatoms. The van der Waals surface area contributed by atoms with Gasteiger partial charge in [-0.3, -0.25) is 14.3 Å². The normalized spacial score (nSPS) is 19.6. The molecule has 1 fully saturated rings. The van der Waals surface area contributed by atoms with Gasteiger partial charge in [-0.2, -0.15) is 5.10 Å². The molecular formula is C10H15N5O2. The van der Waals surface area contributed by atoms with Crippen LogP contribution >= 0.6 is 0 Å². The number of nitrogens with zero attached hydrogens (tertiary/aromatic N) is 3. The maximum Gasteiger partial charge on any atom is 0.274 e. The van der Waals surface area contributed by atoms with E-state index in [1.165, 1.54) is 10.9 Å². The first-order valence-electron chi connectivity index (χ1n) is 5.36. The van der Waals surface area contributed by atoms with E-state index in [0.717, 1.165) is 0 Å². The fourth-order valence-corrected chi connectivity index (χ4v) is 2.04. The summed E-state index contributed by atoms with van der Waals surface area (Å²) in [5, 5.41) is 3.92. The molecule has 0 bridgehead atoms. The molecule has 1 saturated heterocycles. The lowest BCUT2D eigenvalue weighted by atomic mass is 10.1. The van der Waals surface area contributed by atoms with E-state index in [9.17, 15) is 9.59 Å². The van der Waals surface area contributed by atoms with Crippen LogP contribution in [0.1, 0.15) is 16.9 Å². The Morgan fingerprint density at radius 2 is 2.24 bits per heavy atom. The van der Waals surface area contributed by atoms with Gasteiger partial charge in [0, 0.05) is 20.1 Å². The quantitative estimate of drug-likeness (QED) is 0.684. The number of nitrogen functional groups attached to an aromatic ring is 1. The van der Waals surface area contributed by atoms with Crippen LogP contribution in [0.4, 0.5) is 5.69 Å². The third kappa shape index (κ3) is 1.95. The lowest BCUT2D eigenvalue weighted by Crippen LogP contribution is -2.33. The molecule has 1 aliphatic rings. The molecule has 2 heterocycles.